The van der Waals surface area contributed by atoms with Crippen molar-refractivity contribution in [2.45, 2.75) is 5.60 Å². The normalized spacial score (nSPS) is 20.5. The number of carbonyl (C=O) groups is 3. The minimum Gasteiger partial charge on any atom is -0.507 e. The van der Waals surface area contributed by atoms with Gasteiger partial charge in [-0.3, -0.25) is 9.59 Å². The zero-order valence-corrected chi connectivity index (χ0v) is 16.8. The van der Waals surface area contributed by atoms with E-state index in [1.54, 1.807) is 0 Å². The maximum Gasteiger partial charge on any atom is 0.343 e. The fourth-order valence-electron chi connectivity index (χ4n) is 4.30. The summed E-state index contributed by atoms with van der Waals surface area (Å²) in [6.07, 6.45) is 0. The predicted molar refractivity (Wildman–Crippen MR) is 110 cm³/mol. The number of benzene rings is 2. The Balaban J connectivity index is 2.35. The molecule has 2 aliphatic carbocycles. The van der Waals surface area contributed by atoms with Crippen LogP contribution in [0.5, 0.6) is 11.5 Å². The SMILES string of the molecule is C=c1c2c(c(O)c3c(O)cccc13)C(=O)C1(O)C(=O)C(C(=O)O)=C(O)C(N(C)C)=C1C=2O. The van der Waals surface area contributed by atoms with Crippen molar-refractivity contribution in [3.63, 3.8) is 0 Å². The molecule has 2 aromatic carbocycles. The number of likely N-dealkylation sites (N-methyl/N-ethyl adjacent to an activating group) is 1. The highest BCUT2D eigenvalue weighted by Crippen LogP contribution is 2.44. The van der Waals surface area contributed by atoms with E-state index in [1.165, 1.54) is 32.3 Å². The highest BCUT2D eigenvalue weighted by molar-refractivity contribution is 6.35. The summed E-state index contributed by atoms with van der Waals surface area (Å²) in [4.78, 5) is 39.3. The van der Waals surface area contributed by atoms with E-state index < -0.39 is 68.6 Å². The van der Waals surface area contributed by atoms with Gasteiger partial charge in [-0.15, -0.1) is 0 Å². The first kappa shape index (κ1) is 20.9. The van der Waals surface area contributed by atoms with Crippen LogP contribution in [-0.4, -0.2) is 72.8 Å². The zero-order valence-electron chi connectivity index (χ0n) is 16.8. The molecule has 32 heavy (non-hydrogen) atoms. The largest absolute Gasteiger partial charge is 0.507 e. The molecule has 2 aromatic rings. The zero-order chi connectivity index (χ0) is 23.9. The number of carboxylic acids is 1. The van der Waals surface area contributed by atoms with E-state index >= 15 is 0 Å². The molecule has 1 atom stereocenters. The van der Waals surface area contributed by atoms with Crippen LogP contribution in [0.1, 0.15) is 10.4 Å². The minimum absolute atomic E-state index is 0.0119. The van der Waals surface area contributed by atoms with Gasteiger partial charge >= 0.3 is 5.97 Å². The van der Waals surface area contributed by atoms with Gasteiger partial charge in [0, 0.05) is 19.3 Å². The molecule has 10 nitrogen and oxygen atoms in total. The van der Waals surface area contributed by atoms with Crippen LogP contribution >= 0.6 is 0 Å². The standard InChI is InChI=1S/C22H17NO9/c1-7-8-5-4-6-9(24)11(8)16(25)12-10(7)17(26)14-15(23(2)3)18(27)13(21(30)31)20(29)22(14,32)19(12)28/h4-6,24-27,32H,1H2,2-3H3,(H,30,31). The molecule has 10 heteroatoms. The number of aromatic hydroxyl groups is 2. The van der Waals surface area contributed by atoms with E-state index in [0.717, 1.165) is 4.90 Å². The average molecular weight is 439 g/mol. The van der Waals surface area contributed by atoms with Crippen molar-refractivity contribution in [1.82, 2.24) is 4.90 Å². The molecule has 164 valence electrons. The van der Waals surface area contributed by atoms with Crippen LogP contribution in [0.15, 0.2) is 40.8 Å². The number of hydrogen-bond acceptors (Lipinski definition) is 9. The summed E-state index contributed by atoms with van der Waals surface area (Å²) in [6, 6.07) is 4.13. The first-order chi connectivity index (χ1) is 14.9. The van der Waals surface area contributed by atoms with Crippen molar-refractivity contribution in [1.29, 1.82) is 0 Å². The number of rotatable bonds is 2. The molecular weight excluding hydrogens is 422 g/mol. The quantitative estimate of drug-likeness (QED) is 0.265. The molecule has 2 aliphatic rings. The Hall–Kier alpha value is -4.31. The molecular formula is C22H17NO9. The molecule has 0 aromatic heterocycles. The maximum absolute atomic E-state index is 13.5. The second-order valence-electron chi connectivity index (χ2n) is 7.64. The fourth-order valence-corrected chi connectivity index (χ4v) is 4.30. The predicted octanol–water partition coefficient (Wildman–Crippen LogP) is -0.450. The number of carbonyl (C=O) groups excluding carboxylic acids is 2. The van der Waals surface area contributed by atoms with Crippen molar-refractivity contribution < 1.29 is 45.0 Å². The third-order valence-electron chi connectivity index (χ3n) is 5.70. The number of phenols is 2. The van der Waals surface area contributed by atoms with Crippen molar-refractivity contribution in [2.75, 3.05) is 14.1 Å². The number of nitrogens with zero attached hydrogens (tertiary/aromatic N) is 1. The Bertz CT molecular complexity index is 1480. The van der Waals surface area contributed by atoms with E-state index in [1.807, 2.05) is 0 Å². The van der Waals surface area contributed by atoms with Gasteiger partial charge in [-0.25, -0.2) is 4.79 Å². The van der Waals surface area contributed by atoms with Crippen molar-refractivity contribution >= 4 is 40.6 Å². The Morgan fingerprint density at radius 2 is 1.66 bits per heavy atom. The monoisotopic (exact) mass is 439 g/mol. The van der Waals surface area contributed by atoms with Gasteiger partial charge in [-0.1, -0.05) is 18.7 Å². The van der Waals surface area contributed by atoms with Crippen LogP contribution in [0.2, 0.25) is 0 Å². The van der Waals surface area contributed by atoms with E-state index in [-0.39, 0.29) is 21.2 Å². The smallest absolute Gasteiger partial charge is 0.343 e. The molecule has 6 N–H and O–H groups in total. The second kappa shape index (κ2) is 6.34. The van der Waals surface area contributed by atoms with Gasteiger partial charge in [0.25, 0.3) is 0 Å². The first-order valence-corrected chi connectivity index (χ1v) is 9.17. The highest BCUT2D eigenvalue weighted by atomic mass is 16.4. The van der Waals surface area contributed by atoms with Gasteiger partial charge in [0.15, 0.2) is 11.3 Å². The summed E-state index contributed by atoms with van der Waals surface area (Å²) >= 11 is 0. The molecule has 0 radical (unpaired) electrons. The molecule has 1 unspecified atom stereocenters. The number of phenolic OH excluding ortho intramolecular Hbond substituents is 2. The number of aliphatic hydroxyl groups is 3. The Morgan fingerprint density at radius 3 is 2.22 bits per heavy atom. The van der Waals surface area contributed by atoms with Crippen LogP contribution in [0.4, 0.5) is 0 Å². The molecule has 0 heterocycles. The highest BCUT2D eigenvalue weighted by Gasteiger charge is 2.60. The molecule has 0 fully saturated rings. The third-order valence-corrected chi connectivity index (χ3v) is 5.70. The molecule has 0 saturated carbocycles. The summed E-state index contributed by atoms with van der Waals surface area (Å²) in [5, 5.41) is 63.0. The van der Waals surface area contributed by atoms with Crippen LogP contribution < -0.4 is 10.4 Å². The Kier molecular flexibility index (Phi) is 4.15. The van der Waals surface area contributed by atoms with Crippen LogP contribution in [0, 0.1) is 0 Å². The molecule has 0 aliphatic heterocycles. The summed E-state index contributed by atoms with van der Waals surface area (Å²) in [5.74, 6) is -8.21. The Labute approximate surface area is 179 Å². The van der Waals surface area contributed by atoms with Crippen LogP contribution in [-0.2, 0) is 9.59 Å². The van der Waals surface area contributed by atoms with Crippen LogP contribution in [0.3, 0.4) is 0 Å². The number of ketones is 2. The molecule has 0 bridgehead atoms. The summed E-state index contributed by atoms with van der Waals surface area (Å²) < 4.78 is 0. The van der Waals surface area contributed by atoms with Crippen LogP contribution in [0.25, 0.3) is 23.1 Å². The lowest BCUT2D eigenvalue weighted by atomic mass is 9.69. The van der Waals surface area contributed by atoms with Crippen molar-refractivity contribution in [3.05, 3.63) is 56.8 Å². The molecule has 4 rings (SSSR count). The molecule has 0 amide bonds. The number of aliphatic hydroxyl groups excluding tert-OH is 2. The van der Waals surface area contributed by atoms with E-state index in [0.29, 0.717) is 0 Å². The van der Waals surface area contributed by atoms with Gasteiger partial charge in [-0.05, 0) is 16.7 Å². The van der Waals surface area contributed by atoms with Gasteiger partial charge < -0.3 is 35.5 Å². The first-order valence-electron chi connectivity index (χ1n) is 9.17. The lowest BCUT2D eigenvalue weighted by Crippen LogP contribution is -2.59. The van der Waals surface area contributed by atoms with Crippen molar-refractivity contribution in [3.8, 4) is 11.5 Å². The van der Waals surface area contributed by atoms with E-state index in [2.05, 4.69) is 6.58 Å². The van der Waals surface area contributed by atoms with Gasteiger partial charge in [-0.2, -0.15) is 0 Å². The number of hydrogen-bond donors (Lipinski definition) is 6. The third kappa shape index (κ3) is 2.24. The number of aliphatic carboxylic acids is 1. The Morgan fingerprint density at radius 1 is 1.03 bits per heavy atom. The number of Topliss-reactive ketones (excluding diaryl/α,β-unsaturated/α-hetero) is 2. The summed E-state index contributed by atoms with van der Waals surface area (Å²) in [6.45, 7) is 3.81. The topological polar surface area (TPSA) is 176 Å². The molecule has 0 saturated heterocycles. The number of fused-ring (bicyclic) bond motifs is 3. The van der Waals surface area contributed by atoms with E-state index in [4.69, 9.17) is 0 Å². The minimum atomic E-state index is -3.27. The van der Waals surface area contributed by atoms with Gasteiger partial charge in [0.1, 0.15) is 17.3 Å². The van der Waals surface area contributed by atoms with E-state index in [9.17, 15) is 45.0 Å². The van der Waals surface area contributed by atoms with Gasteiger partial charge in [0.2, 0.25) is 17.2 Å². The lowest BCUT2D eigenvalue weighted by Gasteiger charge is -2.38. The van der Waals surface area contributed by atoms with Gasteiger partial charge in [0.05, 0.1) is 22.2 Å². The average Bonchev–Trinajstić information content (AvgIpc) is 2.70. The summed E-state index contributed by atoms with van der Waals surface area (Å²) in [7, 11) is 2.67. The lowest BCUT2D eigenvalue weighted by molar-refractivity contribution is -0.138. The fraction of sp³-hybridized carbons (Fsp3) is 0.136. The summed E-state index contributed by atoms with van der Waals surface area (Å²) in [5.41, 5.74) is -6.46. The second-order valence-corrected chi connectivity index (χ2v) is 7.64. The van der Waals surface area contributed by atoms with Crippen molar-refractivity contribution in [2.24, 2.45) is 0 Å². The maximum atomic E-state index is 13.5. The molecule has 0 spiro atoms. The number of carboxylic acid groups (broad SMARTS) is 1.